The Kier molecular flexibility index (Phi) is 5.65. The number of phenolic OH excluding ortho intramolecular Hbond substituents is 1. The van der Waals surface area contributed by atoms with Crippen molar-refractivity contribution in [3.63, 3.8) is 0 Å². The van der Waals surface area contributed by atoms with Crippen LogP contribution >= 0.6 is 23.4 Å². The lowest BCUT2D eigenvalue weighted by Crippen LogP contribution is -2.01. The minimum Gasteiger partial charge on any atom is -0.506 e. The second-order valence-corrected chi connectivity index (χ2v) is 7.03. The zero-order chi connectivity index (χ0) is 18.5. The molecule has 0 amide bonds. The number of aromatic hydroxyl groups is 1. The fourth-order valence-corrected chi connectivity index (χ4v) is 3.47. The SMILES string of the molecule is O=[N+]([O-])c1ccc(Sc2ccccc2CNc2cc(Cl)ccc2O)cc1. The molecule has 0 heterocycles. The van der Waals surface area contributed by atoms with Crippen molar-refractivity contribution in [2.24, 2.45) is 0 Å². The van der Waals surface area contributed by atoms with Crippen molar-refractivity contribution in [1.82, 2.24) is 0 Å². The Morgan fingerprint density at radius 3 is 2.54 bits per heavy atom. The second-order valence-electron chi connectivity index (χ2n) is 5.48. The molecule has 0 bridgehead atoms. The van der Waals surface area contributed by atoms with Gasteiger partial charge in [0.25, 0.3) is 5.69 Å². The highest BCUT2D eigenvalue weighted by molar-refractivity contribution is 7.99. The van der Waals surface area contributed by atoms with Gasteiger partial charge in [-0.05, 0) is 42.0 Å². The van der Waals surface area contributed by atoms with E-state index in [-0.39, 0.29) is 11.4 Å². The van der Waals surface area contributed by atoms with Crippen molar-refractivity contribution in [2.45, 2.75) is 16.3 Å². The van der Waals surface area contributed by atoms with Crippen LogP contribution in [0.5, 0.6) is 5.75 Å². The Labute approximate surface area is 159 Å². The Balaban J connectivity index is 1.75. The van der Waals surface area contributed by atoms with Crippen LogP contribution < -0.4 is 5.32 Å². The third kappa shape index (κ3) is 4.47. The first kappa shape index (κ1) is 18.1. The highest BCUT2D eigenvalue weighted by Gasteiger charge is 2.08. The van der Waals surface area contributed by atoms with E-state index in [1.165, 1.54) is 23.9 Å². The van der Waals surface area contributed by atoms with Gasteiger partial charge in [-0.15, -0.1) is 0 Å². The molecule has 0 aliphatic heterocycles. The molecule has 3 aromatic carbocycles. The lowest BCUT2D eigenvalue weighted by atomic mass is 10.2. The first-order chi connectivity index (χ1) is 12.5. The molecule has 132 valence electrons. The molecule has 2 N–H and O–H groups in total. The van der Waals surface area contributed by atoms with E-state index < -0.39 is 4.92 Å². The van der Waals surface area contributed by atoms with Crippen molar-refractivity contribution in [2.75, 3.05) is 5.32 Å². The van der Waals surface area contributed by atoms with Crippen LogP contribution in [0.3, 0.4) is 0 Å². The smallest absolute Gasteiger partial charge is 0.269 e. The number of nitrogens with zero attached hydrogens (tertiary/aromatic N) is 1. The predicted molar refractivity (Wildman–Crippen MR) is 104 cm³/mol. The minimum atomic E-state index is -0.413. The van der Waals surface area contributed by atoms with Gasteiger partial charge in [-0.25, -0.2) is 0 Å². The third-order valence-electron chi connectivity index (χ3n) is 3.68. The summed E-state index contributed by atoms with van der Waals surface area (Å²) in [6, 6.07) is 19.1. The molecule has 0 atom stereocenters. The average molecular weight is 387 g/mol. The van der Waals surface area contributed by atoms with Crippen molar-refractivity contribution < 1.29 is 10.0 Å². The van der Waals surface area contributed by atoms with E-state index in [1.54, 1.807) is 30.3 Å². The van der Waals surface area contributed by atoms with E-state index >= 15 is 0 Å². The number of nitro groups is 1. The van der Waals surface area contributed by atoms with Gasteiger partial charge in [0.05, 0.1) is 10.6 Å². The number of hydrogen-bond donors (Lipinski definition) is 2. The summed E-state index contributed by atoms with van der Waals surface area (Å²) in [4.78, 5) is 12.3. The number of hydrogen-bond acceptors (Lipinski definition) is 5. The molecule has 0 saturated carbocycles. The van der Waals surface area contributed by atoms with Crippen LogP contribution in [0.2, 0.25) is 5.02 Å². The van der Waals surface area contributed by atoms with Gasteiger partial charge in [-0.1, -0.05) is 41.6 Å². The Hall–Kier alpha value is -2.70. The summed E-state index contributed by atoms with van der Waals surface area (Å²) in [7, 11) is 0. The largest absolute Gasteiger partial charge is 0.506 e. The highest BCUT2D eigenvalue weighted by Crippen LogP contribution is 2.33. The minimum absolute atomic E-state index is 0.0701. The van der Waals surface area contributed by atoms with E-state index in [9.17, 15) is 15.2 Å². The molecule has 26 heavy (non-hydrogen) atoms. The van der Waals surface area contributed by atoms with Gasteiger partial charge in [-0.3, -0.25) is 10.1 Å². The van der Waals surface area contributed by atoms with Gasteiger partial charge in [0.1, 0.15) is 5.75 Å². The molecule has 0 spiro atoms. The van der Waals surface area contributed by atoms with Crippen molar-refractivity contribution >= 4 is 34.7 Å². The molecule has 3 rings (SSSR count). The monoisotopic (exact) mass is 386 g/mol. The highest BCUT2D eigenvalue weighted by atomic mass is 35.5. The average Bonchev–Trinajstić information content (AvgIpc) is 2.64. The summed E-state index contributed by atoms with van der Waals surface area (Å²) in [6.45, 7) is 0.504. The van der Waals surface area contributed by atoms with Gasteiger partial charge in [0.15, 0.2) is 0 Å². The summed E-state index contributed by atoms with van der Waals surface area (Å²) < 4.78 is 0. The number of non-ortho nitro benzene ring substituents is 1. The van der Waals surface area contributed by atoms with Crippen LogP contribution in [-0.4, -0.2) is 10.0 Å². The van der Waals surface area contributed by atoms with Crippen LogP contribution in [0.25, 0.3) is 0 Å². The normalized spacial score (nSPS) is 10.5. The molecule has 0 radical (unpaired) electrons. The van der Waals surface area contributed by atoms with Crippen LogP contribution in [0.1, 0.15) is 5.56 Å². The quantitative estimate of drug-likeness (QED) is 0.322. The van der Waals surface area contributed by atoms with Crippen LogP contribution in [0.4, 0.5) is 11.4 Å². The van der Waals surface area contributed by atoms with Crippen LogP contribution in [-0.2, 0) is 6.54 Å². The molecule has 0 saturated heterocycles. The fraction of sp³-hybridized carbons (Fsp3) is 0.0526. The summed E-state index contributed by atoms with van der Waals surface area (Å²) >= 11 is 7.49. The summed E-state index contributed by atoms with van der Waals surface area (Å²) in [6.07, 6.45) is 0. The Morgan fingerprint density at radius 2 is 1.81 bits per heavy atom. The third-order valence-corrected chi connectivity index (χ3v) is 5.04. The molecular formula is C19H15ClN2O3S. The van der Waals surface area contributed by atoms with Gasteiger partial charge < -0.3 is 10.4 Å². The van der Waals surface area contributed by atoms with Crippen molar-refractivity contribution in [3.8, 4) is 5.75 Å². The molecular weight excluding hydrogens is 372 g/mol. The zero-order valence-corrected chi connectivity index (χ0v) is 15.1. The summed E-state index contributed by atoms with van der Waals surface area (Å²) in [5.41, 5.74) is 1.67. The van der Waals surface area contributed by atoms with Crippen molar-refractivity contribution in [1.29, 1.82) is 0 Å². The van der Waals surface area contributed by atoms with E-state index in [0.29, 0.717) is 17.3 Å². The number of phenols is 1. The van der Waals surface area contributed by atoms with Gasteiger partial charge in [-0.2, -0.15) is 0 Å². The number of nitrogens with one attached hydrogen (secondary N) is 1. The second kappa shape index (κ2) is 8.12. The maximum atomic E-state index is 10.8. The topological polar surface area (TPSA) is 75.4 Å². The number of benzene rings is 3. The van der Waals surface area contributed by atoms with Crippen LogP contribution in [0, 0.1) is 10.1 Å². The molecule has 3 aromatic rings. The van der Waals surface area contributed by atoms with Crippen LogP contribution in [0.15, 0.2) is 76.5 Å². The first-order valence-electron chi connectivity index (χ1n) is 7.75. The summed E-state index contributed by atoms with van der Waals surface area (Å²) in [5.74, 6) is 0.134. The Bertz CT molecular complexity index is 932. The lowest BCUT2D eigenvalue weighted by molar-refractivity contribution is -0.384. The van der Waals surface area contributed by atoms with E-state index in [2.05, 4.69) is 5.32 Å². The number of halogens is 1. The molecule has 0 unspecified atom stereocenters. The van der Waals surface area contributed by atoms with E-state index in [1.807, 2.05) is 24.3 Å². The van der Waals surface area contributed by atoms with E-state index in [0.717, 1.165) is 15.4 Å². The summed E-state index contributed by atoms with van der Waals surface area (Å²) in [5, 5.41) is 24.4. The van der Waals surface area contributed by atoms with Gasteiger partial charge in [0.2, 0.25) is 0 Å². The fourth-order valence-electron chi connectivity index (χ4n) is 2.35. The molecule has 7 heteroatoms. The molecule has 0 aliphatic carbocycles. The number of anilines is 1. The maximum Gasteiger partial charge on any atom is 0.269 e. The first-order valence-corrected chi connectivity index (χ1v) is 8.95. The number of nitro benzene ring substituents is 1. The molecule has 0 aliphatic rings. The molecule has 5 nitrogen and oxygen atoms in total. The van der Waals surface area contributed by atoms with E-state index in [4.69, 9.17) is 11.6 Å². The Morgan fingerprint density at radius 1 is 1.08 bits per heavy atom. The standard InChI is InChI=1S/C19H15ClN2O3S/c20-14-5-10-18(23)17(11-14)21-12-13-3-1-2-4-19(13)26-16-8-6-15(7-9-16)22(24)25/h1-11,21,23H,12H2. The maximum absolute atomic E-state index is 10.8. The van der Waals surface area contributed by atoms with Gasteiger partial charge >= 0.3 is 0 Å². The predicted octanol–water partition coefficient (Wildman–Crippen LogP) is 5.72. The zero-order valence-electron chi connectivity index (χ0n) is 13.6. The lowest BCUT2D eigenvalue weighted by Gasteiger charge is -2.12. The van der Waals surface area contributed by atoms with Gasteiger partial charge in [0, 0.05) is 33.5 Å². The van der Waals surface area contributed by atoms with Crippen molar-refractivity contribution in [3.05, 3.63) is 87.4 Å². The number of rotatable bonds is 6. The molecule has 0 aromatic heterocycles. The molecule has 0 fully saturated rings.